The van der Waals surface area contributed by atoms with E-state index < -0.39 is 11.6 Å². The van der Waals surface area contributed by atoms with Crippen LogP contribution in [0.15, 0.2) is 30.5 Å². The van der Waals surface area contributed by atoms with Gasteiger partial charge in [0.25, 0.3) is 0 Å². The quantitative estimate of drug-likeness (QED) is 0.536. The number of benzene rings is 1. The Kier molecular flexibility index (Phi) is 6.62. The number of H-pyrrole nitrogens is 1. The molecule has 0 bridgehead atoms. The van der Waals surface area contributed by atoms with E-state index in [1.54, 1.807) is 11.1 Å². The molecule has 1 aliphatic rings. The Morgan fingerprint density at radius 3 is 2.55 bits per heavy atom. The van der Waals surface area contributed by atoms with Crippen molar-refractivity contribution in [1.29, 1.82) is 0 Å². The van der Waals surface area contributed by atoms with E-state index >= 15 is 0 Å². The van der Waals surface area contributed by atoms with Crippen molar-refractivity contribution in [2.24, 2.45) is 5.73 Å². The molecule has 0 spiro atoms. The second-order valence-electron chi connectivity index (χ2n) is 7.99. The van der Waals surface area contributed by atoms with E-state index in [0.717, 1.165) is 50.2 Å². The lowest BCUT2D eigenvalue weighted by molar-refractivity contribution is 0.313. The lowest BCUT2D eigenvalue weighted by Crippen LogP contribution is -2.44. The van der Waals surface area contributed by atoms with E-state index in [-0.39, 0.29) is 12.2 Å². The first-order chi connectivity index (χ1) is 15.1. The molecule has 9 heteroatoms. The number of rotatable bonds is 8. The smallest absolute Gasteiger partial charge is 0.179 e. The lowest BCUT2D eigenvalue weighted by Gasteiger charge is -2.34. The summed E-state index contributed by atoms with van der Waals surface area (Å²) in [5.41, 5.74) is 8.11. The van der Waals surface area contributed by atoms with Crippen LogP contribution in [0.2, 0.25) is 0 Å². The Hall–Kier alpha value is -2.78. The standard InChI is InChI=1S/C22H29F2N7/c1-29-11-13-30(14-12-29)18-7-9-26-22-20(18)27-19(28-22)15-31(10-3-2-8-25)21-16(23)5-4-6-17(21)24/h4-7,9H,2-3,8,10-15,25H2,1H3,(H,26,27,28). The number of aromatic nitrogens is 3. The third-order valence-corrected chi connectivity index (χ3v) is 5.74. The molecule has 1 aliphatic heterocycles. The zero-order valence-corrected chi connectivity index (χ0v) is 17.8. The van der Waals surface area contributed by atoms with Crippen molar-refractivity contribution in [3.63, 3.8) is 0 Å². The van der Waals surface area contributed by atoms with Gasteiger partial charge in [-0.15, -0.1) is 0 Å². The molecule has 0 radical (unpaired) electrons. The van der Waals surface area contributed by atoms with E-state index in [2.05, 4.69) is 31.8 Å². The Bertz CT molecular complexity index is 994. The van der Waals surface area contributed by atoms with Gasteiger partial charge in [-0.3, -0.25) is 0 Å². The molecular formula is C22H29F2N7. The van der Waals surface area contributed by atoms with Crippen molar-refractivity contribution in [3.8, 4) is 0 Å². The van der Waals surface area contributed by atoms with Crippen LogP contribution in [0.1, 0.15) is 18.7 Å². The normalized spacial score (nSPS) is 15.0. The molecule has 3 N–H and O–H groups in total. The Morgan fingerprint density at radius 1 is 1.10 bits per heavy atom. The highest BCUT2D eigenvalue weighted by molar-refractivity contribution is 5.86. The number of hydrogen-bond donors (Lipinski definition) is 2. The monoisotopic (exact) mass is 429 g/mol. The van der Waals surface area contributed by atoms with Crippen molar-refractivity contribution < 1.29 is 8.78 Å². The minimum Gasteiger partial charge on any atom is -0.367 e. The summed E-state index contributed by atoms with van der Waals surface area (Å²) < 4.78 is 29.0. The summed E-state index contributed by atoms with van der Waals surface area (Å²) in [5, 5.41) is 0. The Labute approximate surface area is 180 Å². The van der Waals surface area contributed by atoms with Gasteiger partial charge in [-0.05, 0) is 44.6 Å². The van der Waals surface area contributed by atoms with Crippen LogP contribution in [-0.2, 0) is 6.54 Å². The van der Waals surface area contributed by atoms with Gasteiger partial charge in [0.05, 0.1) is 12.2 Å². The van der Waals surface area contributed by atoms with Crippen LogP contribution in [0, 0.1) is 11.6 Å². The highest BCUT2D eigenvalue weighted by Crippen LogP contribution is 2.28. The van der Waals surface area contributed by atoms with Crippen LogP contribution in [0.3, 0.4) is 0 Å². The van der Waals surface area contributed by atoms with Gasteiger partial charge in [0.15, 0.2) is 5.65 Å². The second kappa shape index (κ2) is 9.57. The van der Waals surface area contributed by atoms with E-state index in [0.29, 0.717) is 24.6 Å². The number of imidazole rings is 1. The predicted molar refractivity (Wildman–Crippen MR) is 119 cm³/mol. The first-order valence-corrected chi connectivity index (χ1v) is 10.7. The molecule has 0 amide bonds. The fraction of sp³-hybridized carbons (Fsp3) is 0.455. The highest BCUT2D eigenvalue weighted by atomic mass is 19.1. The maximum atomic E-state index is 14.5. The molecule has 0 unspecified atom stereocenters. The summed E-state index contributed by atoms with van der Waals surface area (Å²) in [7, 11) is 2.12. The number of fused-ring (bicyclic) bond motifs is 1. The summed E-state index contributed by atoms with van der Waals surface area (Å²) in [5.74, 6) is -0.542. The maximum absolute atomic E-state index is 14.5. The second-order valence-corrected chi connectivity index (χ2v) is 7.99. The minimum atomic E-state index is -0.583. The number of pyridine rings is 1. The van der Waals surface area contributed by atoms with Gasteiger partial charge in [0.1, 0.15) is 28.7 Å². The first kappa shape index (κ1) is 21.5. The molecule has 3 aromatic rings. The molecule has 0 atom stereocenters. The number of nitrogens with two attached hydrogens (primary N) is 1. The first-order valence-electron chi connectivity index (χ1n) is 10.7. The number of piperazine rings is 1. The van der Waals surface area contributed by atoms with E-state index in [4.69, 9.17) is 5.73 Å². The van der Waals surface area contributed by atoms with Gasteiger partial charge in [-0.1, -0.05) is 6.07 Å². The van der Waals surface area contributed by atoms with Gasteiger partial charge < -0.3 is 25.4 Å². The largest absolute Gasteiger partial charge is 0.367 e. The number of aromatic amines is 1. The average molecular weight is 430 g/mol. The molecule has 166 valence electrons. The van der Waals surface area contributed by atoms with Crippen molar-refractivity contribution in [2.45, 2.75) is 19.4 Å². The van der Waals surface area contributed by atoms with Crippen LogP contribution in [0.4, 0.5) is 20.2 Å². The number of likely N-dealkylation sites (N-methyl/N-ethyl adjacent to an activating group) is 1. The van der Waals surface area contributed by atoms with Crippen molar-refractivity contribution in [1.82, 2.24) is 19.9 Å². The number of anilines is 2. The number of unbranched alkanes of at least 4 members (excludes halogenated alkanes) is 1. The van der Waals surface area contributed by atoms with Crippen LogP contribution < -0.4 is 15.5 Å². The van der Waals surface area contributed by atoms with Crippen molar-refractivity contribution >= 4 is 22.5 Å². The average Bonchev–Trinajstić information content (AvgIpc) is 3.17. The molecule has 0 aliphatic carbocycles. The molecule has 2 aromatic heterocycles. The maximum Gasteiger partial charge on any atom is 0.179 e. The van der Waals surface area contributed by atoms with E-state index in [1.165, 1.54) is 18.2 Å². The van der Waals surface area contributed by atoms with Gasteiger partial charge in [-0.25, -0.2) is 18.7 Å². The van der Waals surface area contributed by atoms with Gasteiger partial charge in [0, 0.05) is 38.9 Å². The number of hydrogen-bond acceptors (Lipinski definition) is 6. The molecule has 0 saturated carbocycles. The Balaban J connectivity index is 1.62. The van der Waals surface area contributed by atoms with E-state index in [1.807, 2.05) is 6.07 Å². The Morgan fingerprint density at radius 2 is 1.84 bits per heavy atom. The van der Waals surface area contributed by atoms with Gasteiger partial charge >= 0.3 is 0 Å². The lowest BCUT2D eigenvalue weighted by atomic mass is 10.2. The topological polar surface area (TPSA) is 77.3 Å². The van der Waals surface area contributed by atoms with Crippen molar-refractivity contribution in [3.05, 3.63) is 47.9 Å². The third kappa shape index (κ3) is 4.77. The summed E-state index contributed by atoms with van der Waals surface area (Å²) >= 11 is 0. The molecule has 31 heavy (non-hydrogen) atoms. The zero-order chi connectivity index (χ0) is 21.8. The van der Waals surface area contributed by atoms with Crippen LogP contribution in [0.5, 0.6) is 0 Å². The fourth-order valence-electron chi connectivity index (χ4n) is 4.02. The number of nitrogens with zero attached hydrogens (tertiary/aromatic N) is 5. The van der Waals surface area contributed by atoms with Crippen LogP contribution in [0.25, 0.3) is 11.2 Å². The fourth-order valence-corrected chi connectivity index (χ4v) is 4.02. The summed E-state index contributed by atoms with van der Waals surface area (Å²) in [6.07, 6.45) is 3.27. The summed E-state index contributed by atoms with van der Waals surface area (Å²) in [4.78, 5) is 18.7. The summed E-state index contributed by atoms with van der Waals surface area (Å²) in [6.45, 7) is 5.10. The number of halogens is 2. The van der Waals surface area contributed by atoms with Crippen LogP contribution in [-0.4, -0.2) is 66.2 Å². The zero-order valence-electron chi connectivity index (χ0n) is 17.8. The number of para-hydroxylation sites is 1. The minimum absolute atomic E-state index is 0.0350. The SMILES string of the molecule is CN1CCN(c2ccnc3nc(CN(CCCCN)c4c(F)cccc4F)[nH]c23)CC1. The van der Waals surface area contributed by atoms with Crippen molar-refractivity contribution in [2.75, 3.05) is 56.1 Å². The molecule has 1 saturated heterocycles. The van der Waals surface area contributed by atoms with Crippen LogP contribution >= 0.6 is 0 Å². The molecule has 3 heterocycles. The summed E-state index contributed by atoms with van der Waals surface area (Å²) in [6, 6.07) is 5.92. The highest BCUT2D eigenvalue weighted by Gasteiger charge is 2.21. The van der Waals surface area contributed by atoms with Gasteiger partial charge in [0.2, 0.25) is 0 Å². The molecule has 1 aromatic carbocycles. The third-order valence-electron chi connectivity index (χ3n) is 5.74. The number of nitrogens with one attached hydrogen (secondary N) is 1. The molecular weight excluding hydrogens is 400 g/mol. The molecule has 4 rings (SSSR count). The molecule has 1 fully saturated rings. The molecule has 7 nitrogen and oxygen atoms in total. The van der Waals surface area contributed by atoms with E-state index in [9.17, 15) is 8.78 Å². The van der Waals surface area contributed by atoms with Gasteiger partial charge in [-0.2, -0.15) is 0 Å². The predicted octanol–water partition coefficient (Wildman–Crippen LogP) is 2.73.